The molecule has 0 aliphatic rings. The molecule has 0 unspecified atom stereocenters. The second-order valence-electron chi connectivity index (χ2n) is 3.82. The maximum absolute atomic E-state index is 13.1. The van der Waals surface area contributed by atoms with Gasteiger partial charge in [-0.25, -0.2) is 4.39 Å². The summed E-state index contributed by atoms with van der Waals surface area (Å²) in [5, 5.41) is 2.62. The molecule has 0 saturated carbocycles. The molecule has 0 heterocycles. The number of hydrogen-bond donors (Lipinski definition) is 1. The van der Waals surface area contributed by atoms with Crippen molar-refractivity contribution in [2.45, 2.75) is 19.8 Å². The molecule has 104 valence electrons. The molecule has 1 rings (SSSR count). The first kappa shape index (κ1) is 15.6. The average molecular weight is 332 g/mol. The molecule has 0 bridgehead atoms. The van der Waals surface area contributed by atoms with Gasteiger partial charge in [0.05, 0.1) is 6.61 Å². The van der Waals surface area contributed by atoms with Crippen molar-refractivity contribution in [1.82, 2.24) is 5.32 Å². The zero-order valence-corrected chi connectivity index (χ0v) is 12.1. The van der Waals surface area contributed by atoms with Gasteiger partial charge < -0.3 is 10.1 Å². The highest BCUT2D eigenvalue weighted by Crippen LogP contribution is 2.14. The highest BCUT2D eigenvalue weighted by atomic mass is 79.9. The number of hydrogen-bond acceptors (Lipinski definition) is 3. The maximum Gasteiger partial charge on any atom is 0.305 e. The molecule has 0 aliphatic heterocycles. The Hall–Kier alpha value is -1.43. The molecule has 0 aromatic heterocycles. The van der Waals surface area contributed by atoms with Crippen molar-refractivity contribution in [2.24, 2.45) is 0 Å². The van der Waals surface area contributed by atoms with E-state index in [9.17, 15) is 14.0 Å². The number of carbonyl (C=O) groups is 2. The molecule has 1 amide bonds. The zero-order chi connectivity index (χ0) is 14.3. The number of esters is 1. The first-order chi connectivity index (χ1) is 9.02. The topological polar surface area (TPSA) is 55.4 Å². The summed E-state index contributed by atoms with van der Waals surface area (Å²) in [6, 6.07) is 3.97. The number of carbonyl (C=O) groups excluding carboxylic acids is 2. The van der Waals surface area contributed by atoms with Gasteiger partial charge in [-0.05, 0) is 31.5 Å². The minimum absolute atomic E-state index is 0.239. The summed E-state index contributed by atoms with van der Waals surface area (Å²) in [5.74, 6) is -1.14. The summed E-state index contributed by atoms with van der Waals surface area (Å²) in [6.07, 6.45) is 0.738. The smallest absolute Gasteiger partial charge is 0.305 e. The number of nitrogens with one attached hydrogen (secondary N) is 1. The van der Waals surface area contributed by atoms with Gasteiger partial charge in [-0.15, -0.1) is 0 Å². The van der Waals surface area contributed by atoms with Crippen LogP contribution in [0.5, 0.6) is 0 Å². The first-order valence-electron chi connectivity index (χ1n) is 5.93. The Morgan fingerprint density at radius 1 is 1.37 bits per heavy atom. The van der Waals surface area contributed by atoms with Gasteiger partial charge in [-0.1, -0.05) is 15.9 Å². The van der Waals surface area contributed by atoms with Crippen LogP contribution >= 0.6 is 15.9 Å². The van der Waals surface area contributed by atoms with Crippen molar-refractivity contribution in [2.75, 3.05) is 13.2 Å². The Bertz CT molecular complexity index is 445. The van der Waals surface area contributed by atoms with Gasteiger partial charge in [0.15, 0.2) is 0 Å². The van der Waals surface area contributed by atoms with E-state index in [1.807, 2.05) is 0 Å². The molecule has 1 aromatic carbocycles. The number of ether oxygens (including phenoxy) is 1. The molecule has 0 saturated heterocycles. The van der Waals surface area contributed by atoms with Crippen molar-refractivity contribution in [3.63, 3.8) is 0 Å². The molecule has 19 heavy (non-hydrogen) atoms. The summed E-state index contributed by atoms with van der Waals surface area (Å²) in [5.41, 5.74) is 0.239. The summed E-state index contributed by atoms with van der Waals surface area (Å²) in [4.78, 5) is 22.8. The quantitative estimate of drug-likeness (QED) is 0.644. The van der Waals surface area contributed by atoms with E-state index in [0.29, 0.717) is 24.0 Å². The molecular formula is C13H15BrFNO3. The average Bonchev–Trinajstić information content (AvgIpc) is 2.33. The van der Waals surface area contributed by atoms with Gasteiger partial charge in [0.2, 0.25) is 0 Å². The normalized spacial score (nSPS) is 10.1. The monoisotopic (exact) mass is 331 g/mol. The Kier molecular flexibility index (Phi) is 6.49. The largest absolute Gasteiger partial charge is 0.466 e. The summed E-state index contributed by atoms with van der Waals surface area (Å²) < 4.78 is 18.4. The van der Waals surface area contributed by atoms with Crippen LogP contribution in [-0.2, 0) is 9.53 Å². The van der Waals surface area contributed by atoms with Gasteiger partial charge in [0, 0.05) is 23.0 Å². The molecule has 0 atom stereocenters. The fraction of sp³-hybridized carbons (Fsp3) is 0.385. The lowest BCUT2D eigenvalue weighted by molar-refractivity contribution is -0.143. The molecule has 0 aliphatic carbocycles. The van der Waals surface area contributed by atoms with Crippen LogP contribution in [0.1, 0.15) is 30.1 Å². The van der Waals surface area contributed by atoms with E-state index in [-0.39, 0.29) is 23.9 Å². The third-order valence-electron chi connectivity index (χ3n) is 2.27. The van der Waals surface area contributed by atoms with E-state index in [0.717, 1.165) is 6.07 Å². The Labute approximate surface area is 119 Å². The van der Waals surface area contributed by atoms with E-state index in [4.69, 9.17) is 4.74 Å². The predicted molar refractivity (Wildman–Crippen MR) is 72.3 cm³/mol. The van der Waals surface area contributed by atoms with Crippen molar-refractivity contribution < 1.29 is 18.7 Å². The minimum Gasteiger partial charge on any atom is -0.466 e. The third kappa shape index (κ3) is 5.83. The van der Waals surface area contributed by atoms with Crippen LogP contribution in [0.2, 0.25) is 0 Å². The van der Waals surface area contributed by atoms with Crippen LogP contribution in [0.25, 0.3) is 0 Å². The second kappa shape index (κ2) is 7.89. The molecule has 6 heteroatoms. The van der Waals surface area contributed by atoms with Gasteiger partial charge in [-0.2, -0.15) is 0 Å². The molecule has 1 aromatic rings. The highest BCUT2D eigenvalue weighted by Gasteiger charge is 2.08. The van der Waals surface area contributed by atoms with Crippen LogP contribution in [-0.4, -0.2) is 25.0 Å². The highest BCUT2D eigenvalue weighted by molar-refractivity contribution is 9.10. The van der Waals surface area contributed by atoms with E-state index in [1.165, 1.54) is 12.1 Å². The van der Waals surface area contributed by atoms with E-state index >= 15 is 0 Å². The van der Waals surface area contributed by atoms with Crippen molar-refractivity contribution >= 4 is 27.8 Å². The van der Waals surface area contributed by atoms with Gasteiger partial charge >= 0.3 is 5.97 Å². The second-order valence-corrected chi connectivity index (χ2v) is 4.74. The molecule has 0 spiro atoms. The lowest BCUT2D eigenvalue weighted by Gasteiger charge is -2.06. The zero-order valence-electron chi connectivity index (χ0n) is 10.5. The number of halogens is 2. The molecular weight excluding hydrogens is 317 g/mol. The van der Waals surface area contributed by atoms with Crippen molar-refractivity contribution in [3.8, 4) is 0 Å². The standard InChI is InChI=1S/C13H15BrFNO3/c1-2-19-12(17)4-3-5-16-13(18)9-6-10(14)8-11(15)7-9/h6-8H,2-5H2,1H3,(H,16,18). The molecule has 0 radical (unpaired) electrons. The molecule has 1 N–H and O–H groups in total. The van der Waals surface area contributed by atoms with Crippen LogP contribution < -0.4 is 5.32 Å². The van der Waals surface area contributed by atoms with E-state index in [2.05, 4.69) is 21.2 Å². The van der Waals surface area contributed by atoms with Crippen LogP contribution in [0.15, 0.2) is 22.7 Å². The number of benzene rings is 1. The van der Waals surface area contributed by atoms with Crippen molar-refractivity contribution in [1.29, 1.82) is 0 Å². The lowest BCUT2D eigenvalue weighted by Crippen LogP contribution is -2.25. The Balaban J connectivity index is 2.37. The van der Waals surface area contributed by atoms with Crippen LogP contribution in [0, 0.1) is 5.82 Å². The van der Waals surface area contributed by atoms with Gasteiger partial charge in [-0.3, -0.25) is 9.59 Å². The van der Waals surface area contributed by atoms with Gasteiger partial charge in [0.25, 0.3) is 5.91 Å². The van der Waals surface area contributed by atoms with Crippen LogP contribution in [0.4, 0.5) is 4.39 Å². The number of rotatable bonds is 6. The SMILES string of the molecule is CCOC(=O)CCCNC(=O)c1cc(F)cc(Br)c1. The van der Waals surface area contributed by atoms with Gasteiger partial charge in [0.1, 0.15) is 5.82 Å². The van der Waals surface area contributed by atoms with E-state index < -0.39 is 5.82 Å². The minimum atomic E-state index is -0.481. The van der Waals surface area contributed by atoms with Crippen molar-refractivity contribution in [3.05, 3.63) is 34.1 Å². The fourth-order valence-electron chi connectivity index (χ4n) is 1.45. The maximum atomic E-state index is 13.1. The summed E-state index contributed by atoms with van der Waals surface area (Å²) in [7, 11) is 0. The summed E-state index contributed by atoms with van der Waals surface area (Å²) >= 11 is 3.12. The first-order valence-corrected chi connectivity index (χ1v) is 6.72. The van der Waals surface area contributed by atoms with Crippen LogP contribution in [0.3, 0.4) is 0 Å². The fourth-order valence-corrected chi connectivity index (χ4v) is 1.92. The Morgan fingerprint density at radius 3 is 2.74 bits per heavy atom. The Morgan fingerprint density at radius 2 is 2.11 bits per heavy atom. The lowest BCUT2D eigenvalue weighted by atomic mass is 10.2. The molecule has 0 fully saturated rings. The molecule has 4 nitrogen and oxygen atoms in total. The predicted octanol–water partition coefficient (Wildman–Crippen LogP) is 2.66. The van der Waals surface area contributed by atoms with E-state index in [1.54, 1.807) is 6.92 Å². The third-order valence-corrected chi connectivity index (χ3v) is 2.73. The summed E-state index contributed by atoms with van der Waals surface area (Å²) in [6.45, 7) is 2.43. The number of amides is 1.